The lowest BCUT2D eigenvalue weighted by molar-refractivity contribution is 0.166. The van der Waals surface area contributed by atoms with Crippen molar-refractivity contribution in [3.05, 3.63) is 30.1 Å². The number of nitrogens with zero attached hydrogens (tertiary/aromatic N) is 1. The van der Waals surface area contributed by atoms with Crippen molar-refractivity contribution in [2.24, 2.45) is 5.41 Å². The molecule has 1 aliphatic rings. The number of aromatic nitrogens is 1. The van der Waals surface area contributed by atoms with Crippen molar-refractivity contribution in [1.82, 2.24) is 10.3 Å². The summed E-state index contributed by atoms with van der Waals surface area (Å²) in [7, 11) is 0. The standard InChI is InChI=1S/C14H22N2/c1-14(2)8-4-3-7-13(14)16-11-12-6-5-9-15-10-12/h5-6,9-10,13,16H,3-4,7-8,11H2,1-2H3. The van der Waals surface area contributed by atoms with Crippen LogP contribution in [0.25, 0.3) is 0 Å². The number of rotatable bonds is 3. The monoisotopic (exact) mass is 218 g/mol. The van der Waals surface area contributed by atoms with Gasteiger partial charge in [0.1, 0.15) is 0 Å². The van der Waals surface area contributed by atoms with Crippen molar-refractivity contribution >= 4 is 0 Å². The van der Waals surface area contributed by atoms with E-state index in [0.29, 0.717) is 11.5 Å². The van der Waals surface area contributed by atoms with Crippen LogP contribution in [0, 0.1) is 5.41 Å². The van der Waals surface area contributed by atoms with Crippen molar-refractivity contribution in [1.29, 1.82) is 0 Å². The lowest BCUT2D eigenvalue weighted by atomic mass is 9.73. The number of nitrogens with one attached hydrogen (secondary N) is 1. The van der Waals surface area contributed by atoms with Crippen molar-refractivity contribution in [2.45, 2.75) is 52.1 Å². The fraction of sp³-hybridized carbons (Fsp3) is 0.643. The van der Waals surface area contributed by atoms with Gasteiger partial charge in [0.15, 0.2) is 0 Å². The summed E-state index contributed by atoms with van der Waals surface area (Å²) in [6.07, 6.45) is 9.19. The Morgan fingerprint density at radius 1 is 1.44 bits per heavy atom. The minimum absolute atomic E-state index is 0.445. The highest BCUT2D eigenvalue weighted by atomic mass is 14.9. The first-order chi connectivity index (χ1) is 7.68. The van der Waals surface area contributed by atoms with Crippen LogP contribution in [0.15, 0.2) is 24.5 Å². The van der Waals surface area contributed by atoms with Gasteiger partial charge in [0, 0.05) is 25.0 Å². The molecule has 0 radical (unpaired) electrons. The van der Waals surface area contributed by atoms with Crippen LogP contribution in [0.1, 0.15) is 45.1 Å². The molecule has 1 aliphatic carbocycles. The van der Waals surface area contributed by atoms with E-state index in [1.807, 2.05) is 18.5 Å². The maximum Gasteiger partial charge on any atom is 0.0312 e. The van der Waals surface area contributed by atoms with Crippen LogP contribution in [0.4, 0.5) is 0 Å². The van der Waals surface area contributed by atoms with E-state index in [-0.39, 0.29) is 0 Å². The molecule has 1 fully saturated rings. The second kappa shape index (κ2) is 4.96. The molecule has 1 aromatic rings. The zero-order valence-corrected chi connectivity index (χ0v) is 10.4. The molecular weight excluding hydrogens is 196 g/mol. The van der Waals surface area contributed by atoms with Crippen molar-refractivity contribution in [3.8, 4) is 0 Å². The van der Waals surface area contributed by atoms with Gasteiger partial charge < -0.3 is 5.32 Å². The third kappa shape index (κ3) is 2.82. The maximum absolute atomic E-state index is 4.14. The van der Waals surface area contributed by atoms with Gasteiger partial charge in [0.2, 0.25) is 0 Å². The van der Waals surface area contributed by atoms with Crippen LogP contribution in [-0.4, -0.2) is 11.0 Å². The molecule has 1 aromatic heterocycles. The first-order valence-electron chi connectivity index (χ1n) is 6.31. The Labute approximate surface area is 98.5 Å². The van der Waals surface area contributed by atoms with Crippen LogP contribution in [0.3, 0.4) is 0 Å². The van der Waals surface area contributed by atoms with Gasteiger partial charge in [0.05, 0.1) is 0 Å². The maximum atomic E-state index is 4.14. The van der Waals surface area contributed by atoms with Crippen molar-refractivity contribution in [2.75, 3.05) is 0 Å². The smallest absolute Gasteiger partial charge is 0.0312 e. The Balaban J connectivity index is 1.90. The Kier molecular flexibility index (Phi) is 3.59. The molecule has 1 saturated carbocycles. The predicted molar refractivity (Wildman–Crippen MR) is 67.1 cm³/mol. The number of hydrogen-bond acceptors (Lipinski definition) is 2. The first-order valence-corrected chi connectivity index (χ1v) is 6.31. The molecule has 2 rings (SSSR count). The molecule has 2 heteroatoms. The molecule has 1 heterocycles. The molecule has 0 aliphatic heterocycles. The zero-order chi connectivity index (χ0) is 11.4. The van der Waals surface area contributed by atoms with Gasteiger partial charge in [0.25, 0.3) is 0 Å². The van der Waals surface area contributed by atoms with E-state index in [1.165, 1.54) is 31.2 Å². The average Bonchev–Trinajstić information content (AvgIpc) is 2.28. The van der Waals surface area contributed by atoms with Gasteiger partial charge >= 0.3 is 0 Å². The molecule has 16 heavy (non-hydrogen) atoms. The van der Waals surface area contributed by atoms with Gasteiger partial charge in [-0.15, -0.1) is 0 Å². The summed E-state index contributed by atoms with van der Waals surface area (Å²) < 4.78 is 0. The fourth-order valence-corrected chi connectivity index (χ4v) is 2.62. The van der Waals surface area contributed by atoms with E-state index in [1.54, 1.807) is 0 Å². The predicted octanol–water partition coefficient (Wildman–Crippen LogP) is 3.14. The summed E-state index contributed by atoms with van der Waals surface area (Å²) in [5.41, 5.74) is 1.73. The van der Waals surface area contributed by atoms with Crippen LogP contribution >= 0.6 is 0 Å². The first kappa shape index (κ1) is 11.6. The Morgan fingerprint density at radius 3 is 3.00 bits per heavy atom. The molecule has 0 spiro atoms. The third-order valence-electron chi connectivity index (χ3n) is 3.78. The highest BCUT2D eigenvalue weighted by molar-refractivity contribution is 5.08. The lowest BCUT2D eigenvalue weighted by Gasteiger charge is -2.39. The van der Waals surface area contributed by atoms with E-state index < -0.39 is 0 Å². The Hall–Kier alpha value is -0.890. The quantitative estimate of drug-likeness (QED) is 0.843. The molecule has 0 aromatic carbocycles. The molecule has 1 unspecified atom stereocenters. The van der Waals surface area contributed by atoms with Gasteiger partial charge in [-0.1, -0.05) is 32.8 Å². The summed E-state index contributed by atoms with van der Waals surface area (Å²) in [5, 5.41) is 3.69. The summed E-state index contributed by atoms with van der Waals surface area (Å²) >= 11 is 0. The van der Waals surface area contributed by atoms with E-state index in [9.17, 15) is 0 Å². The van der Waals surface area contributed by atoms with Crippen LogP contribution in [-0.2, 0) is 6.54 Å². The molecule has 0 saturated heterocycles. The topological polar surface area (TPSA) is 24.9 Å². The molecular formula is C14H22N2. The minimum Gasteiger partial charge on any atom is -0.309 e. The van der Waals surface area contributed by atoms with Crippen LogP contribution in [0.2, 0.25) is 0 Å². The Morgan fingerprint density at radius 2 is 2.31 bits per heavy atom. The second-order valence-electron chi connectivity index (χ2n) is 5.53. The van der Waals surface area contributed by atoms with Gasteiger partial charge in [-0.05, 0) is 29.9 Å². The summed E-state index contributed by atoms with van der Waals surface area (Å²) in [4.78, 5) is 4.14. The highest BCUT2D eigenvalue weighted by Gasteiger charge is 2.31. The van der Waals surface area contributed by atoms with E-state index >= 15 is 0 Å². The summed E-state index contributed by atoms with van der Waals surface area (Å²) in [5.74, 6) is 0. The largest absolute Gasteiger partial charge is 0.309 e. The summed E-state index contributed by atoms with van der Waals surface area (Å²) in [6.45, 7) is 5.71. The van der Waals surface area contributed by atoms with Gasteiger partial charge in [-0.3, -0.25) is 4.98 Å². The van der Waals surface area contributed by atoms with E-state index in [2.05, 4.69) is 30.2 Å². The summed E-state index contributed by atoms with van der Waals surface area (Å²) in [6, 6.07) is 4.79. The van der Waals surface area contributed by atoms with Crippen molar-refractivity contribution in [3.63, 3.8) is 0 Å². The average molecular weight is 218 g/mol. The number of pyridine rings is 1. The number of hydrogen-bond donors (Lipinski definition) is 1. The molecule has 1 atom stereocenters. The van der Waals surface area contributed by atoms with Gasteiger partial charge in [-0.25, -0.2) is 0 Å². The molecule has 2 nitrogen and oxygen atoms in total. The normalized spacial score (nSPS) is 24.2. The third-order valence-corrected chi connectivity index (χ3v) is 3.78. The van der Waals surface area contributed by atoms with E-state index in [4.69, 9.17) is 0 Å². The Bertz CT molecular complexity index is 319. The zero-order valence-electron chi connectivity index (χ0n) is 10.4. The van der Waals surface area contributed by atoms with Crippen LogP contribution < -0.4 is 5.32 Å². The van der Waals surface area contributed by atoms with Crippen LogP contribution in [0.5, 0.6) is 0 Å². The molecule has 0 bridgehead atoms. The molecule has 0 amide bonds. The van der Waals surface area contributed by atoms with Crippen molar-refractivity contribution < 1.29 is 0 Å². The minimum atomic E-state index is 0.445. The SMILES string of the molecule is CC1(C)CCCCC1NCc1cccnc1. The molecule has 88 valence electrons. The van der Waals surface area contributed by atoms with Gasteiger partial charge in [-0.2, -0.15) is 0 Å². The second-order valence-corrected chi connectivity index (χ2v) is 5.53. The lowest BCUT2D eigenvalue weighted by Crippen LogP contribution is -2.43. The molecule has 1 N–H and O–H groups in total. The fourth-order valence-electron chi connectivity index (χ4n) is 2.62. The van der Waals surface area contributed by atoms with E-state index in [0.717, 1.165) is 6.54 Å². The highest BCUT2D eigenvalue weighted by Crippen LogP contribution is 2.35.